The average Bonchev–Trinajstić information content (AvgIpc) is 3.14. The zero-order chi connectivity index (χ0) is 24.9. The van der Waals surface area contributed by atoms with Gasteiger partial charge in [-0.25, -0.2) is 9.97 Å². The van der Waals surface area contributed by atoms with E-state index in [1.807, 2.05) is 12.1 Å². The molecule has 0 spiro atoms. The van der Waals surface area contributed by atoms with Crippen LogP contribution < -0.4 is 14.8 Å². The molecule has 0 saturated carbocycles. The summed E-state index contributed by atoms with van der Waals surface area (Å²) in [6.45, 7) is 5.40. The lowest BCUT2D eigenvalue weighted by molar-refractivity contribution is 0.211. The molecule has 36 heavy (non-hydrogen) atoms. The lowest BCUT2D eigenvalue weighted by Crippen LogP contribution is -2.38. The Labute approximate surface area is 214 Å². The van der Waals surface area contributed by atoms with Gasteiger partial charge in [0.25, 0.3) is 0 Å². The average molecular weight is 490 g/mol. The second-order valence-electron chi connectivity index (χ2n) is 10.3. The number of fused-ring (bicyclic) bond motifs is 1. The number of nitrogens with zero attached hydrogens (tertiary/aromatic N) is 4. The second kappa shape index (κ2) is 11.4. The molecular formula is C29H39N5O2. The number of nitrogens with one attached hydrogen (secondary N) is 1. The number of anilines is 1. The van der Waals surface area contributed by atoms with E-state index in [1.165, 1.54) is 12.0 Å². The number of rotatable bonds is 7. The van der Waals surface area contributed by atoms with Crippen molar-refractivity contribution in [2.24, 2.45) is 0 Å². The van der Waals surface area contributed by atoms with E-state index in [9.17, 15) is 0 Å². The summed E-state index contributed by atoms with van der Waals surface area (Å²) in [6.07, 6.45) is 5.58. The molecule has 0 radical (unpaired) electrons. The fraction of sp³-hybridized carbons (Fsp3) is 0.517. The minimum Gasteiger partial charge on any atom is -0.493 e. The van der Waals surface area contributed by atoms with Crippen LogP contribution in [0.1, 0.15) is 49.4 Å². The standard InChI is InChI=1S/C29H39N5O2/c1-33-14-7-10-22(11-15-33)28-31-25-19-27(36-3)26(35-2)18-24(25)29(32-28)30-23-12-16-34(17-13-23)20-21-8-5-4-6-9-21/h4-6,8-9,18-19,22-23H,7,10-17,20H2,1-3H3,(H,30,31,32). The van der Waals surface area contributed by atoms with Crippen LogP contribution in [-0.2, 0) is 6.54 Å². The predicted molar refractivity (Wildman–Crippen MR) is 145 cm³/mol. The van der Waals surface area contributed by atoms with E-state index < -0.39 is 0 Å². The minimum atomic E-state index is 0.376. The molecule has 2 aliphatic heterocycles. The van der Waals surface area contributed by atoms with Gasteiger partial charge in [-0.3, -0.25) is 4.90 Å². The van der Waals surface area contributed by atoms with Crippen LogP contribution in [0.15, 0.2) is 42.5 Å². The van der Waals surface area contributed by atoms with Crippen LogP contribution in [0.5, 0.6) is 11.5 Å². The smallest absolute Gasteiger partial charge is 0.162 e. The molecule has 7 nitrogen and oxygen atoms in total. The van der Waals surface area contributed by atoms with E-state index in [0.717, 1.165) is 81.0 Å². The molecule has 1 atom stereocenters. The number of methoxy groups -OCH3 is 2. The third-order valence-electron chi connectivity index (χ3n) is 7.71. The van der Waals surface area contributed by atoms with Crippen molar-refractivity contribution >= 4 is 16.7 Å². The van der Waals surface area contributed by atoms with Gasteiger partial charge in [-0.05, 0) is 63.9 Å². The Bertz CT molecular complexity index is 1150. The molecule has 3 aromatic rings. The number of piperidine rings is 1. The molecule has 192 valence electrons. The van der Waals surface area contributed by atoms with E-state index >= 15 is 0 Å². The molecule has 0 amide bonds. The third kappa shape index (κ3) is 5.73. The molecule has 0 bridgehead atoms. The van der Waals surface area contributed by atoms with Gasteiger partial charge in [0, 0.05) is 43.0 Å². The zero-order valence-corrected chi connectivity index (χ0v) is 21.9. The maximum atomic E-state index is 5.61. The number of benzene rings is 2. The molecule has 2 aromatic carbocycles. The van der Waals surface area contributed by atoms with Crippen molar-refractivity contribution in [3.8, 4) is 11.5 Å². The van der Waals surface area contributed by atoms with E-state index in [4.69, 9.17) is 19.4 Å². The van der Waals surface area contributed by atoms with Crippen LogP contribution in [-0.4, -0.2) is 73.3 Å². The molecule has 2 saturated heterocycles. The summed E-state index contributed by atoms with van der Waals surface area (Å²) in [5.41, 5.74) is 2.30. The zero-order valence-electron chi connectivity index (χ0n) is 21.9. The van der Waals surface area contributed by atoms with Crippen molar-refractivity contribution in [1.82, 2.24) is 19.8 Å². The van der Waals surface area contributed by atoms with Crippen LogP contribution in [0.2, 0.25) is 0 Å². The lowest BCUT2D eigenvalue weighted by Gasteiger charge is -2.33. The normalized spacial score (nSPS) is 20.2. The van der Waals surface area contributed by atoms with Gasteiger partial charge < -0.3 is 19.7 Å². The van der Waals surface area contributed by atoms with Gasteiger partial charge in [0.1, 0.15) is 11.6 Å². The van der Waals surface area contributed by atoms with Crippen LogP contribution in [0.4, 0.5) is 5.82 Å². The topological polar surface area (TPSA) is 62.8 Å². The van der Waals surface area contributed by atoms with E-state index in [2.05, 4.69) is 52.5 Å². The monoisotopic (exact) mass is 489 g/mol. The summed E-state index contributed by atoms with van der Waals surface area (Å²) < 4.78 is 11.2. The fourth-order valence-corrected chi connectivity index (χ4v) is 5.53. The van der Waals surface area contributed by atoms with Gasteiger partial charge in [-0.1, -0.05) is 30.3 Å². The molecule has 3 heterocycles. The first kappa shape index (κ1) is 24.8. The quantitative estimate of drug-likeness (QED) is 0.505. The van der Waals surface area contributed by atoms with Crippen LogP contribution in [0.3, 0.4) is 0 Å². The Balaban J connectivity index is 1.38. The maximum absolute atomic E-state index is 5.61. The molecule has 1 N–H and O–H groups in total. The van der Waals surface area contributed by atoms with Gasteiger partial charge in [0.2, 0.25) is 0 Å². The Morgan fingerprint density at radius 2 is 1.64 bits per heavy atom. The first-order valence-corrected chi connectivity index (χ1v) is 13.3. The Morgan fingerprint density at radius 1 is 0.889 bits per heavy atom. The summed E-state index contributed by atoms with van der Waals surface area (Å²) in [5, 5.41) is 4.81. The van der Waals surface area contributed by atoms with E-state index in [1.54, 1.807) is 14.2 Å². The molecular weight excluding hydrogens is 450 g/mol. The highest BCUT2D eigenvalue weighted by molar-refractivity contribution is 5.92. The molecule has 5 rings (SSSR count). The number of hydrogen-bond donors (Lipinski definition) is 1. The second-order valence-corrected chi connectivity index (χ2v) is 10.3. The number of likely N-dealkylation sites (tertiary alicyclic amines) is 2. The number of hydrogen-bond acceptors (Lipinski definition) is 7. The summed E-state index contributed by atoms with van der Waals surface area (Å²) in [5.74, 6) is 3.67. The molecule has 2 aliphatic rings. The van der Waals surface area contributed by atoms with Gasteiger partial charge in [0.15, 0.2) is 11.5 Å². The maximum Gasteiger partial charge on any atom is 0.162 e. The van der Waals surface area contributed by atoms with Gasteiger partial charge >= 0.3 is 0 Å². The van der Waals surface area contributed by atoms with E-state index in [0.29, 0.717) is 23.5 Å². The molecule has 2 fully saturated rings. The summed E-state index contributed by atoms with van der Waals surface area (Å²) >= 11 is 0. The van der Waals surface area contributed by atoms with Gasteiger partial charge in [-0.2, -0.15) is 0 Å². The van der Waals surface area contributed by atoms with Gasteiger partial charge in [-0.15, -0.1) is 0 Å². The summed E-state index contributed by atoms with van der Waals surface area (Å²) in [7, 11) is 5.56. The third-order valence-corrected chi connectivity index (χ3v) is 7.71. The van der Waals surface area contributed by atoms with Crippen LogP contribution in [0.25, 0.3) is 10.9 Å². The van der Waals surface area contributed by atoms with Crippen molar-refractivity contribution in [1.29, 1.82) is 0 Å². The largest absolute Gasteiger partial charge is 0.493 e. The van der Waals surface area contributed by atoms with Crippen molar-refractivity contribution < 1.29 is 9.47 Å². The van der Waals surface area contributed by atoms with Crippen molar-refractivity contribution in [2.75, 3.05) is 52.8 Å². The Morgan fingerprint density at radius 3 is 2.39 bits per heavy atom. The van der Waals surface area contributed by atoms with Crippen LogP contribution >= 0.6 is 0 Å². The summed E-state index contributed by atoms with van der Waals surface area (Å²) in [6, 6.07) is 15.2. The highest BCUT2D eigenvalue weighted by atomic mass is 16.5. The van der Waals surface area contributed by atoms with E-state index in [-0.39, 0.29) is 0 Å². The fourth-order valence-electron chi connectivity index (χ4n) is 5.53. The first-order valence-electron chi connectivity index (χ1n) is 13.3. The SMILES string of the molecule is COc1cc2nc(C3CCCN(C)CC3)nc(NC3CCN(Cc4ccccc4)CC3)c2cc1OC. The Hall–Kier alpha value is -2.90. The van der Waals surface area contributed by atoms with Crippen molar-refractivity contribution in [3.63, 3.8) is 0 Å². The van der Waals surface area contributed by atoms with Crippen LogP contribution in [0, 0.1) is 0 Å². The lowest BCUT2D eigenvalue weighted by atomic mass is 9.99. The Kier molecular flexibility index (Phi) is 7.87. The molecule has 1 unspecified atom stereocenters. The molecule has 0 aliphatic carbocycles. The highest BCUT2D eigenvalue weighted by Crippen LogP contribution is 2.36. The predicted octanol–water partition coefficient (Wildman–Crippen LogP) is 4.92. The minimum absolute atomic E-state index is 0.376. The molecule has 1 aromatic heterocycles. The van der Waals surface area contributed by atoms with Crippen molar-refractivity contribution in [3.05, 3.63) is 53.9 Å². The molecule has 7 heteroatoms. The highest BCUT2D eigenvalue weighted by Gasteiger charge is 2.24. The number of ether oxygens (including phenoxy) is 2. The van der Waals surface area contributed by atoms with Crippen molar-refractivity contribution in [2.45, 2.75) is 50.6 Å². The first-order chi connectivity index (χ1) is 17.6. The van der Waals surface area contributed by atoms with Gasteiger partial charge in [0.05, 0.1) is 19.7 Å². The number of aromatic nitrogens is 2. The summed E-state index contributed by atoms with van der Waals surface area (Å²) in [4.78, 5) is 15.2.